The first-order valence-corrected chi connectivity index (χ1v) is 6.41. The Morgan fingerprint density at radius 3 is 2.42 bits per heavy atom. The molecule has 5 nitrogen and oxygen atoms in total. The van der Waals surface area contributed by atoms with E-state index in [1.165, 1.54) is 6.92 Å². The zero-order valence-corrected chi connectivity index (χ0v) is 11.5. The highest BCUT2D eigenvalue weighted by Crippen LogP contribution is 2.24. The summed E-state index contributed by atoms with van der Waals surface area (Å²) >= 11 is 4.37. The van der Waals surface area contributed by atoms with Crippen LogP contribution in [-0.2, 0) is 9.59 Å². The number of rotatable bonds is 6. The molecule has 0 aliphatic rings. The van der Waals surface area contributed by atoms with Crippen molar-refractivity contribution in [1.29, 1.82) is 0 Å². The van der Waals surface area contributed by atoms with Crippen molar-refractivity contribution < 1.29 is 14.7 Å². The Kier molecular flexibility index (Phi) is 6.01. The molecule has 104 valence electrons. The SMILES string of the molecule is CC(=O)N[C@H](C(=O)[C@@H](O)CN)[C@@H](S)c1ccccc1. The molecule has 4 N–H and O–H groups in total. The predicted molar refractivity (Wildman–Crippen MR) is 75.8 cm³/mol. The van der Waals surface area contributed by atoms with Crippen molar-refractivity contribution in [3.8, 4) is 0 Å². The highest BCUT2D eigenvalue weighted by atomic mass is 32.1. The van der Waals surface area contributed by atoms with Gasteiger partial charge < -0.3 is 16.2 Å². The Morgan fingerprint density at radius 1 is 1.37 bits per heavy atom. The first kappa shape index (κ1) is 15.7. The summed E-state index contributed by atoms with van der Waals surface area (Å²) < 4.78 is 0. The molecule has 0 saturated heterocycles. The van der Waals surface area contributed by atoms with Crippen LogP contribution in [0.5, 0.6) is 0 Å². The summed E-state index contributed by atoms with van der Waals surface area (Å²) in [6, 6.07) is 8.15. The number of carbonyl (C=O) groups excluding carboxylic acids is 2. The Labute approximate surface area is 117 Å². The van der Waals surface area contributed by atoms with E-state index in [9.17, 15) is 14.7 Å². The molecule has 0 aliphatic carbocycles. The fourth-order valence-electron chi connectivity index (χ4n) is 1.69. The summed E-state index contributed by atoms with van der Waals surface area (Å²) in [5.74, 6) is -0.904. The molecule has 19 heavy (non-hydrogen) atoms. The van der Waals surface area contributed by atoms with Crippen LogP contribution in [0.1, 0.15) is 17.7 Å². The fourth-order valence-corrected chi connectivity index (χ4v) is 2.08. The molecule has 1 amide bonds. The molecule has 0 unspecified atom stereocenters. The number of thiol groups is 1. The quantitative estimate of drug-likeness (QED) is 0.555. The van der Waals surface area contributed by atoms with Gasteiger partial charge in [0, 0.05) is 13.5 Å². The lowest BCUT2D eigenvalue weighted by Gasteiger charge is -2.25. The van der Waals surface area contributed by atoms with E-state index in [-0.39, 0.29) is 12.5 Å². The number of ketones is 1. The van der Waals surface area contributed by atoms with E-state index in [4.69, 9.17) is 5.73 Å². The molecule has 0 aliphatic heterocycles. The van der Waals surface area contributed by atoms with Crippen molar-refractivity contribution in [2.75, 3.05) is 6.54 Å². The molecule has 0 aromatic heterocycles. The molecule has 0 heterocycles. The highest BCUT2D eigenvalue weighted by Gasteiger charge is 2.31. The van der Waals surface area contributed by atoms with Crippen LogP contribution >= 0.6 is 12.6 Å². The van der Waals surface area contributed by atoms with Crippen molar-refractivity contribution in [2.45, 2.75) is 24.3 Å². The van der Waals surface area contributed by atoms with Crippen LogP contribution in [0.2, 0.25) is 0 Å². The van der Waals surface area contributed by atoms with Crippen LogP contribution in [-0.4, -0.2) is 35.5 Å². The van der Waals surface area contributed by atoms with Gasteiger partial charge in [0.1, 0.15) is 12.1 Å². The van der Waals surface area contributed by atoms with Gasteiger partial charge in [-0.25, -0.2) is 0 Å². The zero-order chi connectivity index (χ0) is 14.4. The molecule has 0 saturated carbocycles. The van der Waals surface area contributed by atoms with Gasteiger partial charge in [0.05, 0.1) is 5.25 Å². The standard InChI is InChI=1S/C13H18N2O3S/c1-8(16)15-11(12(18)10(17)7-14)13(19)9-5-3-2-4-6-9/h2-6,10-11,13,17,19H,7,14H2,1H3,(H,15,16)/t10-,11+,13-/m0/s1. The molecular weight excluding hydrogens is 264 g/mol. The molecule has 1 rings (SSSR count). The van der Waals surface area contributed by atoms with Crippen molar-refractivity contribution in [1.82, 2.24) is 5.32 Å². The van der Waals surface area contributed by atoms with E-state index in [1.54, 1.807) is 12.1 Å². The average Bonchev–Trinajstić information content (AvgIpc) is 2.43. The maximum atomic E-state index is 12.0. The van der Waals surface area contributed by atoms with E-state index < -0.39 is 23.2 Å². The van der Waals surface area contributed by atoms with Gasteiger partial charge in [0.25, 0.3) is 0 Å². The van der Waals surface area contributed by atoms with Crippen LogP contribution in [0, 0.1) is 0 Å². The normalized spacial score (nSPS) is 15.4. The van der Waals surface area contributed by atoms with Gasteiger partial charge >= 0.3 is 0 Å². The highest BCUT2D eigenvalue weighted by molar-refractivity contribution is 7.80. The lowest BCUT2D eigenvalue weighted by Crippen LogP contribution is -2.49. The number of Topliss-reactive ketones (excluding diaryl/α,β-unsaturated/α-hetero) is 1. The molecule has 0 bridgehead atoms. The van der Waals surface area contributed by atoms with E-state index in [2.05, 4.69) is 17.9 Å². The fraction of sp³-hybridized carbons (Fsp3) is 0.385. The summed E-state index contributed by atoms with van der Waals surface area (Å²) in [5.41, 5.74) is 6.05. The second-order valence-electron chi connectivity index (χ2n) is 4.19. The third-order valence-electron chi connectivity index (χ3n) is 2.67. The van der Waals surface area contributed by atoms with Crippen LogP contribution in [0.3, 0.4) is 0 Å². The topological polar surface area (TPSA) is 92.4 Å². The van der Waals surface area contributed by atoms with Gasteiger partial charge in [0.2, 0.25) is 5.91 Å². The van der Waals surface area contributed by atoms with E-state index in [0.29, 0.717) is 0 Å². The molecule has 0 spiro atoms. The summed E-state index contributed by atoms with van der Waals surface area (Å²) in [6.45, 7) is 1.12. The lowest BCUT2D eigenvalue weighted by atomic mass is 9.98. The molecule has 6 heteroatoms. The number of amides is 1. The van der Waals surface area contributed by atoms with E-state index in [0.717, 1.165) is 5.56 Å². The number of benzene rings is 1. The third kappa shape index (κ3) is 4.34. The Hall–Kier alpha value is -1.37. The molecule has 1 aromatic carbocycles. The monoisotopic (exact) mass is 282 g/mol. The third-order valence-corrected chi connectivity index (χ3v) is 3.27. The maximum Gasteiger partial charge on any atom is 0.217 e. The van der Waals surface area contributed by atoms with Gasteiger partial charge in [-0.15, -0.1) is 0 Å². The maximum absolute atomic E-state index is 12.0. The molecule has 1 aromatic rings. The molecular formula is C13H18N2O3S. The van der Waals surface area contributed by atoms with Crippen LogP contribution in [0.4, 0.5) is 0 Å². The van der Waals surface area contributed by atoms with Crippen LogP contribution in [0.15, 0.2) is 30.3 Å². The number of hydrogen-bond donors (Lipinski definition) is 4. The molecule has 3 atom stereocenters. The number of hydrogen-bond acceptors (Lipinski definition) is 5. The van der Waals surface area contributed by atoms with Gasteiger partial charge in [-0.2, -0.15) is 12.6 Å². The van der Waals surface area contributed by atoms with Gasteiger partial charge in [-0.05, 0) is 5.56 Å². The van der Waals surface area contributed by atoms with Crippen molar-refractivity contribution in [2.24, 2.45) is 5.73 Å². The Morgan fingerprint density at radius 2 is 1.95 bits per heavy atom. The Balaban J connectivity index is 2.96. The minimum absolute atomic E-state index is 0.190. The first-order valence-electron chi connectivity index (χ1n) is 5.89. The minimum Gasteiger partial charge on any atom is -0.384 e. The van der Waals surface area contributed by atoms with Gasteiger partial charge in [-0.3, -0.25) is 9.59 Å². The molecule has 0 radical (unpaired) electrons. The Bertz CT molecular complexity index is 439. The van der Waals surface area contributed by atoms with Crippen LogP contribution < -0.4 is 11.1 Å². The second-order valence-corrected chi connectivity index (χ2v) is 4.74. The largest absolute Gasteiger partial charge is 0.384 e. The van der Waals surface area contributed by atoms with Crippen molar-refractivity contribution in [3.05, 3.63) is 35.9 Å². The number of aliphatic hydroxyl groups excluding tert-OH is 1. The van der Waals surface area contributed by atoms with E-state index in [1.807, 2.05) is 18.2 Å². The number of aliphatic hydroxyl groups is 1. The smallest absolute Gasteiger partial charge is 0.217 e. The zero-order valence-electron chi connectivity index (χ0n) is 10.6. The summed E-state index contributed by atoms with van der Waals surface area (Å²) in [5, 5.41) is 11.5. The number of carbonyl (C=O) groups is 2. The van der Waals surface area contributed by atoms with Crippen LogP contribution in [0.25, 0.3) is 0 Å². The number of nitrogens with one attached hydrogen (secondary N) is 1. The molecule has 0 fully saturated rings. The van der Waals surface area contributed by atoms with Gasteiger partial charge in [0.15, 0.2) is 5.78 Å². The minimum atomic E-state index is -1.31. The van der Waals surface area contributed by atoms with Crippen molar-refractivity contribution >= 4 is 24.3 Å². The summed E-state index contributed by atoms with van der Waals surface area (Å²) in [4.78, 5) is 23.2. The number of nitrogens with two attached hydrogens (primary N) is 1. The van der Waals surface area contributed by atoms with Crippen molar-refractivity contribution in [3.63, 3.8) is 0 Å². The summed E-state index contributed by atoms with van der Waals surface area (Å²) in [6.07, 6.45) is -1.31. The lowest BCUT2D eigenvalue weighted by molar-refractivity contribution is -0.132. The predicted octanol–water partition coefficient (Wildman–Crippen LogP) is 0.0509. The first-order chi connectivity index (χ1) is 8.97. The second kappa shape index (κ2) is 7.28. The van der Waals surface area contributed by atoms with Gasteiger partial charge in [-0.1, -0.05) is 30.3 Å². The van der Waals surface area contributed by atoms with E-state index >= 15 is 0 Å². The summed E-state index contributed by atoms with van der Waals surface area (Å²) in [7, 11) is 0. The average molecular weight is 282 g/mol.